The van der Waals surface area contributed by atoms with Crippen molar-refractivity contribution in [2.24, 2.45) is 4.99 Å². The average Bonchev–Trinajstić information content (AvgIpc) is 3.40. The van der Waals surface area contributed by atoms with Gasteiger partial charge in [-0.1, -0.05) is 48.0 Å². The second-order valence-corrected chi connectivity index (χ2v) is 7.73. The Balaban J connectivity index is 0.00000306. The second-order valence-electron chi connectivity index (χ2n) is 7.73. The zero-order chi connectivity index (χ0) is 22.5. The van der Waals surface area contributed by atoms with Gasteiger partial charge in [0, 0.05) is 24.8 Å². The lowest BCUT2D eigenvalue weighted by molar-refractivity contribution is 0.497. The van der Waals surface area contributed by atoms with Crippen LogP contribution in [0, 0.1) is 20.8 Å². The van der Waals surface area contributed by atoms with E-state index in [9.17, 15) is 0 Å². The van der Waals surface area contributed by atoms with E-state index < -0.39 is 0 Å². The van der Waals surface area contributed by atoms with Crippen LogP contribution in [0.2, 0.25) is 0 Å². The minimum atomic E-state index is 0. The van der Waals surface area contributed by atoms with E-state index in [1.807, 2.05) is 35.9 Å². The van der Waals surface area contributed by atoms with Crippen LogP contribution in [0.4, 0.5) is 0 Å². The molecule has 0 aliphatic heterocycles. The lowest BCUT2D eigenvalue weighted by atomic mass is 10.1. The van der Waals surface area contributed by atoms with Crippen molar-refractivity contribution in [1.82, 2.24) is 25.4 Å². The number of oxazole rings is 1. The van der Waals surface area contributed by atoms with Gasteiger partial charge in [0.15, 0.2) is 11.7 Å². The smallest absolute Gasteiger partial charge is 0.214 e. The van der Waals surface area contributed by atoms with Gasteiger partial charge in [-0.05, 0) is 38.5 Å². The molecular weight excluding hydrogens is 527 g/mol. The average molecular weight is 556 g/mol. The van der Waals surface area contributed by atoms with Gasteiger partial charge in [-0.25, -0.2) is 9.67 Å². The molecular formula is C25H29IN6O. The lowest BCUT2D eigenvalue weighted by Crippen LogP contribution is -2.36. The predicted molar refractivity (Wildman–Crippen MR) is 142 cm³/mol. The number of aryl methyl sites for hydroxylation is 3. The van der Waals surface area contributed by atoms with Crippen molar-refractivity contribution < 1.29 is 4.42 Å². The van der Waals surface area contributed by atoms with Crippen LogP contribution < -0.4 is 10.6 Å². The van der Waals surface area contributed by atoms with E-state index in [-0.39, 0.29) is 24.0 Å². The van der Waals surface area contributed by atoms with E-state index in [0.717, 1.165) is 34.0 Å². The number of hydrogen-bond donors (Lipinski definition) is 2. The van der Waals surface area contributed by atoms with Crippen LogP contribution in [0.5, 0.6) is 0 Å². The van der Waals surface area contributed by atoms with Gasteiger partial charge in [-0.2, -0.15) is 5.10 Å². The maximum atomic E-state index is 5.89. The summed E-state index contributed by atoms with van der Waals surface area (Å²) in [5.74, 6) is 2.03. The summed E-state index contributed by atoms with van der Waals surface area (Å²) in [7, 11) is 1.75. The van der Waals surface area contributed by atoms with Crippen molar-refractivity contribution >= 4 is 29.9 Å². The SMILES string of the molecule is CN=C(NCc1ncc(-c2ccc(C)cc2)o1)NCc1ccccc1-n1nc(C)cc1C.I. The second kappa shape index (κ2) is 11.1. The Morgan fingerprint density at radius 1 is 1.00 bits per heavy atom. The van der Waals surface area contributed by atoms with Crippen molar-refractivity contribution in [3.8, 4) is 17.0 Å². The van der Waals surface area contributed by atoms with Gasteiger partial charge in [0.2, 0.25) is 5.89 Å². The molecule has 0 saturated carbocycles. The van der Waals surface area contributed by atoms with Crippen LogP contribution in [0.25, 0.3) is 17.0 Å². The number of aliphatic imine (C=N–C) groups is 1. The van der Waals surface area contributed by atoms with E-state index in [2.05, 4.69) is 69.9 Å². The third kappa shape index (κ3) is 6.01. The van der Waals surface area contributed by atoms with Crippen LogP contribution in [0.1, 0.15) is 28.4 Å². The third-order valence-electron chi connectivity index (χ3n) is 5.20. The number of nitrogens with one attached hydrogen (secondary N) is 2. The Morgan fingerprint density at radius 2 is 1.73 bits per heavy atom. The summed E-state index contributed by atoms with van der Waals surface area (Å²) in [5, 5.41) is 11.2. The summed E-state index contributed by atoms with van der Waals surface area (Å²) in [5.41, 5.74) is 6.50. The molecule has 0 bridgehead atoms. The Morgan fingerprint density at radius 3 is 2.42 bits per heavy atom. The highest BCUT2D eigenvalue weighted by molar-refractivity contribution is 14.0. The van der Waals surface area contributed by atoms with Gasteiger partial charge in [-0.15, -0.1) is 24.0 Å². The van der Waals surface area contributed by atoms with Gasteiger partial charge in [0.1, 0.15) is 0 Å². The number of guanidine groups is 1. The summed E-state index contributed by atoms with van der Waals surface area (Å²) in [6.07, 6.45) is 1.75. The minimum absolute atomic E-state index is 0. The van der Waals surface area contributed by atoms with Crippen LogP contribution in [0.15, 0.2) is 70.2 Å². The van der Waals surface area contributed by atoms with Gasteiger partial charge in [0.05, 0.1) is 24.1 Å². The van der Waals surface area contributed by atoms with Gasteiger partial charge in [0.25, 0.3) is 0 Å². The first-order valence-corrected chi connectivity index (χ1v) is 10.6. The Hall–Kier alpha value is -3.14. The zero-order valence-corrected chi connectivity index (χ0v) is 21.6. The summed E-state index contributed by atoms with van der Waals surface area (Å²) >= 11 is 0. The van der Waals surface area contributed by atoms with E-state index in [0.29, 0.717) is 24.9 Å². The summed E-state index contributed by atoms with van der Waals surface area (Å²) in [4.78, 5) is 8.70. The molecule has 4 rings (SSSR count). The number of aromatic nitrogens is 3. The number of nitrogens with zero attached hydrogens (tertiary/aromatic N) is 4. The summed E-state index contributed by atoms with van der Waals surface area (Å²) in [6, 6.07) is 18.5. The molecule has 2 aromatic heterocycles. The van der Waals surface area contributed by atoms with Gasteiger partial charge >= 0.3 is 0 Å². The maximum Gasteiger partial charge on any atom is 0.214 e. The van der Waals surface area contributed by atoms with E-state index in [1.54, 1.807) is 13.2 Å². The molecule has 0 spiro atoms. The third-order valence-corrected chi connectivity index (χ3v) is 5.20. The van der Waals surface area contributed by atoms with Crippen LogP contribution in [0.3, 0.4) is 0 Å². The molecule has 172 valence electrons. The fourth-order valence-electron chi connectivity index (χ4n) is 3.54. The molecule has 8 heteroatoms. The van der Waals surface area contributed by atoms with Crippen LogP contribution in [-0.2, 0) is 13.1 Å². The largest absolute Gasteiger partial charge is 0.439 e. The van der Waals surface area contributed by atoms with Gasteiger partial charge in [-0.3, -0.25) is 4.99 Å². The zero-order valence-electron chi connectivity index (χ0n) is 19.3. The molecule has 0 radical (unpaired) electrons. The normalized spacial score (nSPS) is 11.2. The Labute approximate surface area is 211 Å². The highest BCUT2D eigenvalue weighted by Crippen LogP contribution is 2.21. The number of benzene rings is 2. The topological polar surface area (TPSA) is 80.3 Å². The summed E-state index contributed by atoms with van der Waals surface area (Å²) < 4.78 is 7.87. The van der Waals surface area contributed by atoms with Crippen molar-refractivity contribution in [3.05, 3.63) is 89.2 Å². The molecule has 2 heterocycles. The quantitative estimate of drug-likeness (QED) is 0.200. The first-order chi connectivity index (χ1) is 15.5. The molecule has 2 aromatic carbocycles. The van der Waals surface area contributed by atoms with Crippen LogP contribution >= 0.6 is 24.0 Å². The molecule has 2 N–H and O–H groups in total. The molecule has 0 aliphatic carbocycles. The first-order valence-electron chi connectivity index (χ1n) is 10.6. The molecule has 0 amide bonds. The fraction of sp³-hybridized carbons (Fsp3) is 0.240. The van der Waals surface area contributed by atoms with Crippen molar-refractivity contribution in [3.63, 3.8) is 0 Å². The van der Waals surface area contributed by atoms with Crippen molar-refractivity contribution in [2.75, 3.05) is 7.05 Å². The molecule has 0 fully saturated rings. The monoisotopic (exact) mass is 556 g/mol. The first kappa shape index (κ1) is 24.5. The molecule has 33 heavy (non-hydrogen) atoms. The van der Waals surface area contributed by atoms with E-state index >= 15 is 0 Å². The number of halogens is 1. The highest BCUT2D eigenvalue weighted by Gasteiger charge is 2.10. The standard InChI is InChI=1S/C25H28N6O.HI/c1-17-9-11-20(12-10-17)23-15-27-24(32-23)16-29-25(26-4)28-14-21-7-5-6-8-22(21)31-19(3)13-18(2)30-31;/h5-13,15H,14,16H2,1-4H3,(H2,26,28,29);1H. The molecule has 0 saturated heterocycles. The molecule has 4 aromatic rings. The van der Waals surface area contributed by atoms with E-state index in [4.69, 9.17) is 4.42 Å². The summed E-state index contributed by atoms with van der Waals surface area (Å²) in [6.45, 7) is 7.17. The Kier molecular flexibility index (Phi) is 8.26. The predicted octanol–water partition coefficient (Wildman–Crippen LogP) is 4.94. The Bertz CT molecular complexity index is 1230. The van der Waals surface area contributed by atoms with E-state index in [1.165, 1.54) is 5.56 Å². The number of para-hydroxylation sites is 1. The van der Waals surface area contributed by atoms with Crippen LogP contribution in [-0.4, -0.2) is 27.8 Å². The fourth-order valence-corrected chi connectivity index (χ4v) is 3.54. The van der Waals surface area contributed by atoms with Gasteiger partial charge < -0.3 is 15.1 Å². The van der Waals surface area contributed by atoms with Crippen molar-refractivity contribution in [2.45, 2.75) is 33.9 Å². The lowest BCUT2D eigenvalue weighted by Gasteiger charge is -2.14. The highest BCUT2D eigenvalue weighted by atomic mass is 127. The number of rotatable bonds is 6. The minimum Gasteiger partial charge on any atom is -0.439 e. The molecule has 7 nitrogen and oxygen atoms in total. The number of hydrogen-bond acceptors (Lipinski definition) is 4. The molecule has 0 unspecified atom stereocenters. The van der Waals surface area contributed by atoms with Crippen molar-refractivity contribution in [1.29, 1.82) is 0 Å². The maximum absolute atomic E-state index is 5.89. The molecule has 0 aliphatic rings. The molecule has 0 atom stereocenters.